The lowest BCUT2D eigenvalue weighted by molar-refractivity contribution is 0.112. The Balaban J connectivity index is 2.28. The highest BCUT2D eigenvalue weighted by atomic mass is 16.1. The third-order valence-corrected chi connectivity index (χ3v) is 4.30. The molecule has 0 aliphatic heterocycles. The number of rotatable bonds is 3. The number of carbonyl (C=O) groups is 1. The van der Waals surface area contributed by atoms with Crippen molar-refractivity contribution in [2.24, 2.45) is 0 Å². The van der Waals surface area contributed by atoms with Crippen LogP contribution in [0.25, 0.3) is 22.2 Å². The molecule has 0 saturated heterocycles. The van der Waals surface area contributed by atoms with Crippen LogP contribution in [-0.4, -0.2) is 11.3 Å². The molecule has 0 bridgehead atoms. The Kier molecular flexibility index (Phi) is 3.61. The summed E-state index contributed by atoms with van der Waals surface area (Å²) >= 11 is 0. The quantitative estimate of drug-likeness (QED) is 0.645. The minimum absolute atomic E-state index is 0.448. The Morgan fingerprint density at radius 1 is 1.05 bits per heavy atom. The number of hydrogen-bond acceptors (Lipinski definition) is 1. The SMILES string of the molecule is Cc1ccc(-c2[nH]c3ccc(C(C)C)cc3c2C=O)c(C)c1. The number of aldehydes is 1. The number of H-pyrrole nitrogens is 1. The molecule has 3 aromatic rings. The van der Waals surface area contributed by atoms with Gasteiger partial charge in [-0.25, -0.2) is 0 Å². The minimum Gasteiger partial charge on any atom is -0.354 e. The van der Waals surface area contributed by atoms with E-state index in [2.05, 4.69) is 69.1 Å². The van der Waals surface area contributed by atoms with Crippen LogP contribution in [-0.2, 0) is 0 Å². The number of fused-ring (bicyclic) bond motifs is 1. The smallest absolute Gasteiger partial charge is 0.152 e. The molecule has 0 spiro atoms. The first kappa shape index (κ1) is 14.6. The predicted octanol–water partition coefficient (Wildman–Crippen LogP) is 5.39. The number of carbonyl (C=O) groups excluding carboxylic acids is 1. The van der Waals surface area contributed by atoms with E-state index in [1.54, 1.807) is 0 Å². The zero-order chi connectivity index (χ0) is 15.9. The summed E-state index contributed by atoms with van der Waals surface area (Å²) in [7, 11) is 0. The fourth-order valence-corrected chi connectivity index (χ4v) is 3.02. The largest absolute Gasteiger partial charge is 0.354 e. The monoisotopic (exact) mass is 291 g/mol. The Morgan fingerprint density at radius 2 is 1.82 bits per heavy atom. The second-order valence-corrected chi connectivity index (χ2v) is 6.31. The van der Waals surface area contributed by atoms with Crippen LogP contribution in [0.2, 0.25) is 0 Å². The van der Waals surface area contributed by atoms with Crippen LogP contribution in [0.3, 0.4) is 0 Å². The number of benzene rings is 2. The molecule has 2 aromatic carbocycles. The molecular weight excluding hydrogens is 270 g/mol. The molecule has 0 aliphatic carbocycles. The fourth-order valence-electron chi connectivity index (χ4n) is 3.02. The van der Waals surface area contributed by atoms with Crippen LogP contribution >= 0.6 is 0 Å². The van der Waals surface area contributed by atoms with Gasteiger partial charge in [0.15, 0.2) is 6.29 Å². The Bertz CT molecular complexity index is 856. The highest BCUT2D eigenvalue weighted by molar-refractivity contribution is 6.04. The lowest BCUT2D eigenvalue weighted by Gasteiger charge is -2.06. The summed E-state index contributed by atoms with van der Waals surface area (Å²) in [5.74, 6) is 0.448. The first-order valence-electron chi connectivity index (χ1n) is 7.69. The topological polar surface area (TPSA) is 32.9 Å². The van der Waals surface area contributed by atoms with Gasteiger partial charge in [0.05, 0.1) is 5.69 Å². The van der Waals surface area contributed by atoms with Gasteiger partial charge in [0.25, 0.3) is 0 Å². The average Bonchev–Trinajstić information content (AvgIpc) is 2.84. The molecular formula is C20H21NO. The lowest BCUT2D eigenvalue weighted by atomic mass is 9.98. The van der Waals surface area contributed by atoms with E-state index in [0.29, 0.717) is 5.92 Å². The average molecular weight is 291 g/mol. The van der Waals surface area contributed by atoms with Crippen LogP contribution < -0.4 is 0 Å². The highest BCUT2D eigenvalue weighted by Crippen LogP contribution is 2.33. The van der Waals surface area contributed by atoms with E-state index < -0.39 is 0 Å². The normalized spacial score (nSPS) is 11.3. The van der Waals surface area contributed by atoms with Crippen molar-refractivity contribution in [2.75, 3.05) is 0 Å². The van der Waals surface area contributed by atoms with E-state index in [1.165, 1.54) is 16.7 Å². The van der Waals surface area contributed by atoms with Gasteiger partial charge in [-0.1, -0.05) is 43.7 Å². The van der Waals surface area contributed by atoms with E-state index >= 15 is 0 Å². The molecule has 22 heavy (non-hydrogen) atoms. The fraction of sp³-hybridized carbons (Fsp3) is 0.250. The van der Waals surface area contributed by atoms with E-state index in [1.807, 2.05) is 0 Å². The number of aromatic amines is 1. The van der Waals surface area contributed by atoms with E-state index in [9.17, 15) is 4.79 Å². The number of aromatic nitrogens is 1. The van der Waals surface area contributed by atoms with Crippen LogP contribution in [0, 0.1) is 13.8 Å². The molecule has 1 heterocycles. The van der Waals surface area contributed by atoms with Crippen molar-refractivity contribution in [1.82, 2.24) is 4.98 Å². The van der Waals surface area contributed by atoms with Gasteiger partial charge in [-0.2, -0.15) is 0 Å². The molecule has 0 aliphatic rings. The van der Waals surface area contributed by atoms with E-state index in [4.69, 9.17) is 0 Å². The second kappa shape index (κ2) is 5.45. The van der Waals surface area contributed by atoms with Crippen molar-refractivity contribution in [1.29, 1.82) is 0 Å². The van der Waals surface area contributed by atoms with Crippen molar-refractivity contribution >= 4 is 17.2 Å². The van der Waals surface area contributed by atoms with Gasteiger partial charge in [-0.15, -0.1) is 0 Å². The zero-order valence-electron chi connectivity index (χ0n) is 13.5. The molecule has 3 rings (SSSR count). The van der Waals surface area contributed by atoms with Crippen LogP contribution in [0.1, 0.15) is 46.8 Å². The number of hydrogen-bond donors (Lipinski definition) is 1. The van der Waals surface area contributed by atoms with Gasteiger partial charge in [0.1, 0.15) is 0 Å². The third-order valence-electron chi connectivity index (χ3n) is 4.30. The number of nitrogens with one attached hydrogen (secondary N) is 1. The first-order chi connectivity index (χ1) is 10.5. The lowest BCUT2D eigenvalue weighted by Crippen LogP contribution is -1.89. The van der Waals surface area contributed by atoms with Gasteiger partial charge in [-0.3, -0.25) is 4.79 Å². The van der Waals surface area contributed by atoms with Gasteiger partial charge in [0, 0.05) is 22.0 Å². The van der Waals surface area contributed by atoms with Gasteiger partial charge in [0.2, 0.25) is 0 Å². The molecule has 1 N–H and O–H groups in total. The second-order valence-electron chi connectivity index (χ2n) is 6.31. The van der Waals surface area contributed by atoms with E-state index in [-0.39, 0.29) is 0 Å². The van der Waals surface area contributed by atoms with Crippen LogP contribution in [0.15, 0.2) is 36.4 Å². The molecule has 1 aromatic heterocycles. The van der Waals surface area contributed by atoms with Crippen molar-refractivity contribution in [2.45, 2.75) is 33.6 Å². The maximum Gasteiger partial charge on any atom is 0.152 e. The highest BCUT2D eigenvalue weighted by Gasteiger charge is 2.15. The molecule has 2 heteroatoms. The Labute approximate surface area is 131 Å². The Morgan fingerprint density at radius 3 is 2.45 bits per heavy atom. The third kappa shape index (κ3) is 2.35. The van der Waals surface area contributed by atoms with Crippen molar-refractivity contribution in [3.8, 4) is 11.3 Å². The molecule has 2 nitrogen and oxygen atoms in total. The Hall–Kier alpha value is -2.35. The summed E-state index contributed by atoms with van der Waals surface area (Å²) in [6.45, 7) is 8.50. The zero-order valence-corrected chi connectivity index (χ0v) is 13.5. The predicted molar refractivity (Wildman–Crippen MR) is 92.7 cm³/mol. The molecule has 0 unspecified atom stereocenters. The van der Waals surface area contributed by atoms with Gasteiger partial charge in [-0.05, 0) is 43.0 Å². The first-order valence-corrected chi connectivity index (χ1v) is 7.69. The van der Waals surface area contributed by atoms with Gasteiger partial charge >= 0.3 is 0 Å². The minimum atomic E-state index is 0.448. The summed E-state index contributed by atoms with van der Waals surface area (Å²) in [5, 5.41) is 1.01. The molecule has 0 fully saturated rings. The molecule has 0 amide bonds. The van der Waals surface area contributed by atoms with Crippen molar-refractivity contribution in [3.63, 3.8) is 0 Å². The van der Waals surface area contributed by atoms with E-state index in [0.717, 1.165) is 34.0 Å². The summed E-state index contributed by atoms with van der Waals surface area (Å²) < 4.78 is 0. The summed E-state index contributed by atoms with van der Waals surface area (Å²) in [6.07, 6.45) is 0.970. The standard InChI is InChI=1S/C20H21NO/c1-12(2)15-6-8-19-17(10-15)18(11-22)20(21-19)16-7-5-13(3)9-14(16)4/h5-12,21H,1-4H3. The van der Waals surface area contributed by atoms with Crippen LogP contribution in [0.5, 0.6) is 0 Å². The van der Waals surface area contributed by atoms with Gasteiger partial charge < -0.3 is 4.98 Å². The maximum absolute atomic E-state index is 11.7. The molecule has 112 valence electrons. The molecule has 0 radical (unpaired) electrons. The van der Waals surface area contributed by atoms with Crippen LogP contribution in [0.4, 0.5) is 0 Å². The molecule has 0 atom stereocenters. The molecule has 0 saturated carbocycles. The maximum atomic E-state index is 11.7. The van der Waals surface area contributed by atoms with Crippen molar-refractivity contribution < 1.29 is 4.79 Å². The summed E-state index contributed by atoms with van der Waals surface area (Å²) in [6, 6.07) is 12.7. The van der Waals surface area contributed by atoms with Crippen molar-refractivity contribution in [3.05, 3.63) is 58.7 Å². The number of aryl methyl sites for hydroxylation is 2. The summed E-state index contributed by atoms with van der Waals surface area (Å²) in [5.41, 5.74) is 7.44. The summed E-state index contributed by atoms with van der Waals surface area (Å²) in [4.78, 5) is 15.1.